The van der Waals surface area contributed by atoms with Gasteiger partial charge in [0.25, 0.3) is 0 Å². The van der Waals surface area contributed by atoms with Crippen LogP contribution in [-0.2, 0) is 14.9 Å². The Morgan fingerprint density at radius 1 is 1.45 bits per heavy atom. The van der Waals surface area contributed by atoms with E-state index in [1.165, 1.54) is 5.56 Å². The van der Waals surface area contributed by atoms with Crippen molar-refractivity contribution < 1.29 is 14.3 Å². The average Bonchev–Trinajstić information content (AvgIpc) is 2.52. The van der Waals surface area contributed by atoms with Crippen LogP contribution < -0.4 is 15.4 Å². The Kier molecular flexibility index (Phi) is 5.80. The molecule has 2 rings (SSSR count). The summed E-state index contributed by atoms with van der Waals surface area (Å²) in [4.78, 5) is 11.9. The van der Waals surface area contributed by atoms with Crippen LogP contribution in [0.15, 0.2) is 24.3 Å². The van der Waals surface area contributed by atoms with Crippen LogP contribution in [0.5, 0.6) is 5.75 Å². The van der Waals surface area contributed by atoms with Crippen LogP contribution in [-0.4, -0.2) is 44.9 Å². The molecule has 1 saturated heterocycles. The predicted molar refractivity (Wildman–Crippen MR) is 86.3 cm³/mol. The minimum atomic E-state index is -0.252. The Morgan fingerprint density at radius 3 is 2.95 bits per heavy atom. The fourth-order valence-corrected chi connectivity index (χ4v) is 2.25. The molecule has 1 aliphatic rings. The molecule has 5 nitrogen and oxygen atoms in total. The Bertz CT molecular complexity index is 491. The number of amides is 1. The van der Waals surface area contributed by atoms with E-state index in [0.29, 0.717) is 32.9 Å². The van der Waals surface area contributed by atoms with Gasteiger partial charge in [-0.1, -0.05) is 32.9 Å². The molecule has 1 atom stereocenters. The molecule has 0 radical (unpaired) electrons. The van der Waals surface area contributed by atoms with Gasteiger partial charge in [-0.25, -0.2) is 0 Å². The standard InChI is InChI=1S/C17H26N2O3/c1-17(2,3)13-5-4-6-14(11-13)22-10-8-19-16(20)15-12-21-9-7-18-15/h4-6,11,15,18H,7-10,12H2,1-3H3,(H,19,20)/t15-/m1/s1. The third-order valence-electron chi connectivity index (χ3n) is 3.61. The van der Waals surface area contributed by atoms with E-state index < -0.39 is 0 Å². The summed E-state index contributed by atoms with van der Waals surface area (Å²) in [6.07, 6.45) is 0. The van der Waals surface area contributed by atoms with Gasteiger partial charge in [0.15, 0.2) is 0 Å². The number of benzene rings is 1. The molecule has 0 unspecified atom stereocenters. The molecule has 0 aromatic heterocycles. The summed E-state index contributed by atoms with van der Waals surface area (Å²) >= 11 is 0. The van der Waals surface area contributed by atoms with Crippen molar-refractivity contribution in [3.05, 3.63) is 29.8 Å². The third-order valence-corrected chi connectivity index (χ3v) is 3.61. The zero-order valence-electron chi connectivity index (χ0n) is 13.6. The highest BCUT2D eigenvalue weighted by molar-refractivity contribution is 5.81. The first-order valence-electron chi connectivity index (χ1n) is 7.79. The molecular weight excluding hydrogens is 280 g/mol. The fourth-order valence-electron chi connectivity index (χ4n) is 2.25. The molecule has 1 fully saturated rings. The lowest BCUT2D eigenvalue weighted by Gasteiger charge is -2.23. The molecule has 0 bridgehead atoms. The van der Waals surface area contributed by atoms with Gasteiger partial charge >= 0.3 is 0 Å². The maximum absolute atomic E-state index is 11.9. The van der Waals surface area contributed by atoms with Gasteiger partial charge < -0.3 is 20.1 Å². The number of morpholine rings is 1. The third kappa shape index (κ3) is 5.00. The molecule has 0 aliphatic carbocycles. The van der Waals surface area contributed by atoms with E-state index in [4.69, 9.17) is 9.47 Å². The fraction of sp³-hybridized carbons (Fsp3) is 0.588. The van der Waals surface area contributed by atoms with Crippen LogP contribution in [0.2, 0.25) is 0 Å². The second kappa shape index (κ2) is 7.61. The lowest BCUT2D eigenvalue weighted by atomic mass is 9.87. The van der Waals surface area contributed by atoms with Gasteiger partial charge in [-0.3, -0.25) is 4.79 Å². The summed E-state index contributed by atoms with van der Waals surface area (Å²) in [5.41, 5.74) is 1.33. The Hall–Kier alpha value is -1.59. The zero-order chi connectivity index (χ0) is 16.0. The van der Waals surface area contributed by atoms with Crippen molar-refractivity contribution in [3.8, 4) is 5.75 Å². The van der Waals surface area contributed by atoms with Gasteiger partial charge in [0.05, 0.1) is 19.8 Å². The molecule has 0 spiro atoms. The maximum Gasteiger partial charge on any atom is 0.239 e. The van der Waals surface area contributed by atoms with Crippen LogP contribution >= 0.6 is 0 Å². The second-order valence-corrected chi connectivity index (χ2v) is 6.50. The smallest absolute Gasteiger partial charge is 0.239 e. The summed E-state index contributed by atoms with van der Waals surface area (Å²) in [7, 11) is 0. The van der Waals surface area contributed by atoms with Crippen LogP contribution in [0.1, 0.15) is 26.3 Å². The highest BCUT2D eigenvalue weighted by atomic mass is 16.5. The number of hydrogen-bond acceptors (Lipinski definition) is 4. The highest BCUT2D eigenvalue weighted by Crippen LogP contribution is 2.25. The Morgan fingerprint density at radius 2 is 2.27 bits per heavy atom. The molecule has 22 heavy (non-hydrogen) atoms. The van der Waals surface area contributed by atoms with Crippen molar-refractivity contribution in [1.82, 2.24) is 10.6 Å². The number of ether oxygens (including phenoxy) is 2. The van der Waals surface area contributed by atoms with E-state index in [2.05, 4.69) is 43.5 Å². The van der Waals surface area contributed by atoms with Gasteiger partial charge in [0.2, 0.25) is 5.91 Å². The van der Waals surface area contributed by atoms with E-state index in [-0.39, 0.29) is 17.4 Å². The molecule has 1 aromatic rings. The summed E-state index contributed by atoms with van der Waals surface area (Å²) in [5, 5.41) is 5.98. The minimum absolute atomic E-state index is 0.0354. The van der Waals surface area contributed by atoms with Crippen molar-refractivity contribution in [3.63, 3.8) is 0 Å². The average molecular weight is 306 g/mol. The second-order valence-electron chi connectivity index (χ2n) is 6.50. The van der Waals surface area contributed by atoms with E-state index in [9.17, 15) is 4.79 Å². The van der Waals surface area contributed by atoms with Crippen LogP contribution in [0.4, 0.5) is 0 Å². The van der Waals surface area contributed by atoms with Crippen LogP contribution in [0, 0.1) is 0 Å². The molecule has 1 aliphatic heterocycles. The summed E-state index contributed by atoms with van der Waals surface area (Å²) in [6, 6.07) is 7.84. The number of hydrogen-bond donors (Lipinski definition) is 2. The normalized spacial score (nSPS) is 18.8. The quantitative estimate of drug-likeness (QED) is 0.809. The molecule has 1 amide bonds. The maximum atomic E-state index is 11.9. The summed E-state index contributed by atoms with van der Waals surface area (Å²) in [6.45, 7) is 9.26. The summed E-state index contributed by atoms with van der Waals surface area (Å²) in [5.74, 6) is 0.799. The molecule has 1 aromatic carbocycles. The molecule has 2 N–H and O–H groups in total. The predicted octanol–water partition coefficient (Wildman–Crippen LogP) is 1.47. The molecule has 1 heterocycles. The van der Waals surface area contributed by atoms with Gasteiger partial charge in [-0.05, 0) is 23.1 Å². The van der Waals surface area contributed by atoms with Crippen molar-refractivity contribution in [2.75, 3.05) is 32.9 Å². The van der Waals surface area contributed by atoms with Gasteiger partial charge in [0, 0.05) is 6.54 Å². The van der Waals surface area contributed by atoms with E-state index in [1.54, 1.807) is 0 Å². The van der Waals surface area contributed by atoms with Crippen LogP contribution in [0.25, 0.3) is 0 Å². The summed E-state index contributed by atoms with van der Waals surface area (Å²) < 4.78 is 11.0. The van der Waals surface area contributed by atoms with E-state index in [0.717, 1.165) is 5.75 Å². The Balaban J connectivity index is 1.73. The minimum Gasteiger partial charge on any atom is -0.492 e. The number of nitrogens with one attached hydrogen (secondary N) is 2. The van der Waals surface area contributed by atoms with Crippen LogP contribution in [0.3, 0.4) is 0 Å². The first-order valence-corrected chi connectivity index (χ1v) is 7.79. The van der Waals surface area contributed by atoms with Gasteiger partial charge in [0.1, 0.15) is 18.4 Å². The molecule has 0 saturated carbocycles. The lowest BCUT2D eigenvalue weighted by Crippen LogP contribution is -2.51. The number of carbonyl (C=O) groups is 1. The van der Waals surface area contributed by atoms with E-state index >= 15 is 0 Å². The zero-order valence-corrected chi connectivity index (χ0v) is 13.6. The van der Waals surface area contributed by atoms with Crippen molar-refractivity contribution in [2.45, 2.75) is 32.2 Å². The molecular formula is C17H26N2O3. The van der Waals surface area contributed by atoms with Gasteiger partial charge in [-0.2, -0.15) is 0 Å². The van der Waals surface area contributed by atoms with Crippen molar-refractivity contribution >= 4 is 5.91 Å². The highest BCUT2D eigenvalue weighted by Gasteiger charge is 2.20. The number of rotatable bonds is 5. The number of carbonyl (C=O) groups excluding carboxylic acids is 1. The largest absolute Gasteiger partial charge is 0.492 e. The lowest BCUT2D eigenvalue weighted by molar-refractivity contribution is -0.126. The van der Waals surface area contributed by atoms with Crippen molar-refractivity contribution in [1.29, 1.82) is 0 Å². The first-order chi connectivity index (χ1) is 10.5. The van der Waals surface area contributed by atoms with Crippen molar-refractivity contribution in [2.24, 2.45) is 0 Å². The van der Waals surface area contributed by atoms with Gasteiger partial charge in [-0.15, -0.1) is 0 Å². The monoisotopic (exact) mass is 306 g/mol. The topological polar surface area (TPSA) is 59.6 Å². The SMILES string of the molecule is CC(C)(C)c1cccc(OCCNC(=O)[C@H]2COCCN2)c1. The molecule has 5 heteroatoms. The first kappa shape index (κ1) is 16.8. The molecule has 122 valence electrons. The Labute approximate surface area is 132 Å². The van der Waals surface area contributed by atoms with E-state index in [1.807, 2.05) is 12.1 Å².